The second-order valence-electron chi connectivity index (χ2n) is 5.98. The highest BCUT2D eigenvalue weighted by molar-refractivity contribution is 6.34. The number of nitrogens with one attached hydrogen (secondary N) is 2. The average Bonchev–Trinajstić information content (AvgIpc) is 3.35. The lowest BCUT2D eigenvalue weighted by Crippen LogP contribution is -2.03. The molecule has 3 aromatic rings. The molecule has 2 aliphatic rings. The number of aromatic amines is 1. The van der Waals surface area contributed by atoms with Crippen molar-refractivity contribution in [2.45, 2.75) is 0 Å². The maximum atomic E-state index is 13.5. The zero-order valence-corrected chi connectivity index (χ0v) is 13.4. The smallest absolute Gasteiger partial charge is 0.256 e. The summed E-state index contributed by atoms with van der Waals surface area (Å²) < 4.78 is 24.2. The van der Waals surface area contributed by atoms with Gasteiger partial charge in [0.1, 0.15) is 5.82 Å². The van der Waals surface area contributed by atoms with Gasteiger partial charge in [-0.15, -0.1) is 0 Å². The van der Waals surface area contributed by atoms with Crippen molar-refractivity contribution in [1.29, 1.82) is 0 Å². The van der Waals surface area contributed by atoms with E-state index in [0.717, 1.165) is 5.56 Å². The van der Waals surface area contributed by atoms with Crippen LogP contribution in [0.4, 0.5) is 10.1 Å². The Hall–Kier alpha value is -3.61. The van der Waals surface area contributed by atoms with Crippen LogP contribution in [0.2, 0.25) is 0 Å². The maximum Gasteiger partial charge on any atom is 0.256 e. The van der Waals surface area contributed by atoms with Crippen molar-refractivity contribution in [3.8, 4) is 22.8 Å². The molecule has 5 rings (SSSR count). The van der Waals surface area contributed by atoms with E-state index < -0.39 is 5.82 Å². The van der Waals surface area contributed by atoms with Gasteiger partial charge >= 0.3 is 0 Å². The standard InChI is InChI=1S/C19H12FN3O3/c20-11-2-3-15-13(6-11)14(19(24)21-15)7-12-8-16(23-22-12)10-1-4-17-18(5-10)26-9-25-17/h1-8H,9H2,(H,21,24)(H,22,23)/b14-7-. The Labute approximate surface area is 147 Å². The minimum Gasteiger partial charge on any atom is -0.454 e. The number of hydrogen-bond acceptors (Lipinski definition) is 4. The van der Waals surface area contributed by atoms with Gasteiger partial charge in [0.05, 0.1) is 17.0 Å². The molecule has 1 aromatic heterocycles. The predicted molar refractivity (Wildman–Crippen MR) is 93.0 cm³/mol. The van der Waals surface area contributed by atoms with Crippen LogP contribution in [0.15, 0.2) is 42.5 Å². The summed E-state index contributed by atoms with van der Waals surface area (Å²) in [6.45, 7) is 0.210. The molecule has 0 fully saturated rings. The van der Waals surface area contributed by atoms with Crippen LogP contribution in [-0.4, -0.2) is 22.9 Å². The third-order valence-corrected chi connectivity index (χ3v) is 4.33. The van der Waals surface area contributed by atoms with Crippen LogP contribution in [-0.2, 0) is 4.79 Å². The zero-order valence-electron chi connectivity index (χ0n) is 13.4. The molecule has 128 valence electrons. The van der Waals surface area contributed by atoms with Gasteiger partial charge in [-0.1, -0.05) is 0 Å². The van der Waals surface area contributed by atoms with E-state index in [1.807, 2.05) is 24.3 Å². The highest BCUT2D eigenvalue weighted by atomic mass is 19.1. The lowest BCUT2D eigenvalue weighted by atomic mass is 10.1. The summed E-state index contributed by atoms with van der Waals surface area (Å²) in [5.41, 5.74) is 3.72. The van der Waals surface area contributed by atoms with Crippen LogP contribution in [0.25, 0.3) is 22.9 Å². The average molecular weight is 349 g/mol. The van der Waals surface area contributed by atoms with E-state index in [9.17, 15) is 9.18 Å². The fraction of sp³-hybridized carbons (Fsp3) is 0.0526. The molecular formula is C19H12FN3O3. The van der Waals surface area contributed by atoms with Crippen molar-refractivity contribution in [3.05, 3.63) is 59.5 Å². The SMILES string of the molecule is O=C1Nc2ccc(F)cc2/C1=C/c1cc(-c2ccc3c(c2)OCO3)n[nH]1. The second kappa shape index (κ2) is 5.45. The van der Waals surface area contributed by atoms with Crippen molar-refractivity contribution >= 4 is 23.2 Å². The molecule has 0 saturated heterocycles. The number of amides is 1. The zero-order chi connectivity index (χ0) is 17.7. The normalized spacial score (nSPS) is 16.0. The molecule has 2 aliphatic heterocycles. The number of nitrogens with zero attached hydrogens (tertiary/aromatic N) is 1. The Morgan fingerprint density at radius 2 is 1.96 bits per heavy atom. The van der Waals surface area contributed by atoms with Crippen LogP contribution in [0.3, 0.4) is 0 Å². The van der Waals surface area contributed by atoms with E-state index in [4.69, 9.17) is 9.47 Å². The summed E-state index contributed by atoms with van der Waals surface area (Å²) in [7, 11) is 0. The Morgan fingerprint density at radius 1 is 1.08 bits per heavy atom. The fourth-order valence-electron chi connectivity index (χ4n) is 3.07. The molecule has 7 heteroatoms. The summed E-state index contributed by atoms with van der Waals surface area (Å²) in [5, 5.41) is 9.90. The van der Waals surface area contributed by atoms with Gasteiger partial charge in [-0.2, -0.15) is 5.10 Å². The molecule has 0 spiro atoms. The number of halogens is 1. The van der Waals surface area contributed by atoms with E-state index in [0.29, 0.717) is 39.7 Å². The Kier molecular flexibility index (Phi) is 3.08. The first-order valence-electron chi connectivity index (χ1n) is 7.96. The maximum absolute atomic E-state index is 13.5. The molecular weight excluding hydrogens is 337 g/mol. The predicted octanol–water partition coefficient (Wildman–Crippen LogP) is 3.44. The van der Waals surface area contributed by atoms with Crippen LogP contribution in [0.1, 0.15) is 11.3 Å². The second-order valence-corrected chi connectivity index (χ2v) is 5.98. The molecule has 2 aromatic carbocycles. The monoisotopic (exact) mass is 349 g/mol. The highest BCUT2D eigenvalue weighted by Gasteiger charge is 2.24. The minimum absolute atomic E-state index is 0.210. The number of hydrogen-bond donors (Lipinski definition) is 2. The quantitative estimate of drug-likeness (QED) is 0.695. The topological polar surface area (TPSA) is 76.2 Å². The number of aromatic nitrogens is 2. The first-order valence-corrected chi connectivity index (χ1v) is 7.96. The molecule has 0 bridgehead atoms. The number of H-pyrrole nitrogens is 1. The molecule has 0 radical (unpaired) electrons. The molecule has 1 amide bonds. The molecule has 2 N–H and O–H groups in total. The number of benzene rings is 2. The summed E-state index contributed by atoms with van der Waals surface area (Å²) >= 11 is 0. The van der Waals surface area contributed by atoms with Crippen LogP contribution >= 0.6 is 0 Å². The van der Waals surface area contributed by atoms with Crippen molar-refractivity contribution in [1.82, 2.24) is 10.2 Å². The number of fused-ring (bicyclic) bond motifs is 2. The van der Waals surface area contributed by atoms with E-state index >= 15 is 0 Å². The fourth-order valence-corrected chi connectivity index (χ4v) is 3.07. The largest absolute Gasteiger partial charge is 0.454 e. The Morgan fingerprint density at radius 3 is 2.88 bits per heavy atom. The number of ether oxygens (including phenoxy) is 2. The summed E-state index contributed by atoms with van der Waals surface area (Å²) in [5.74, 6) is 0.708. The van der Waals surface area contributed by atoms with E-state index in [1.54, 1.807) is 12.1 Å². The van der Waals surface area contributed by atoms with Crippen molar-refractivity contribution in [2.75, 3.05) is 12.1 Å². The molecule has 26 heavy (non-hydrogen) atoms. The lowest BCUT2D eigenvalue weighted by Gasteiger charge is -1.99. The van der Waals surface area contributed by atoms with Gasteiger partial charge in [-0.05, 0) is 48.5 Å². The van der Waals surface area contributed by atoms with Crippen LogP contribution in [0, 0.1) is 5.82 Å². The van der Waals surface area contributed by atoms with E-state index in [-0.39, 0.29) is 12.7 Å². The summed E-state index contributed by atoms with van der Waals surface area (Å²) in [4.78, 5) is 12.2. The molecule has 6 nitrogen and oxygen atoms in total. The van der Waals surface area contributed by atoms with Gasteiger partial charge in [0.15, 0.2) is 11.5 Å². The van der Waals surface area contributed by atoms with Gasteiger partial charge in [-0.3, -0.25) is 9.89 Å². The molecule has 0 saturated carbocycles. The van der Waals surface area contributed by atoms with E-state index in [2.05, 4.69) is 15.5 Å². The Bertz CT molecular complexity index is 1090. The first kappa shape index (κ1) is 14.7. The summed E-state index contributed by atoms with van der Waals surface area (Å²) in [6, 6.07) is 11.6. The van der Waals surface area contributed by atoms with Gasteiger partial charge in [0, 0.05) is 16.8 Å². The molecule has 0 unspecified atom stereocenters. The van der Waals surface area contributed by atoms with Crippen molar-refractivity contribution in [2.24, 2.45) is 0 Å². The van der Waals surface area contributed by atoms with Gasteiger partial charge in [0.25, 0.3) is 5.91 Å². The van der Waals surface area contributed by atoms with Gasteiger partial charge in [0.2, 0.25) is 6.79 Å². The molecule has 3 heterocycles. The third kappa shape index (κ3) is 2.33. The number of carbonyl (C=O) groups is 1. The third-order valence-electron chi connectivity index (χ3n) is 4.33. The van der Waals surface area contributed by atoms with Crippen molar-refractivity contribution in [3.63, 3.8) is 0 Å². The minimum atomic E-state index is -0.392. The van der Waals surface area contributed by atoms with Gasteiger partial charge in [-0.25, -0.2) is 4.39 Å². The van der Waals surface area contributed by atoms with E-state index in [1.165, 1.54) is 12.1 Å². The highest BCUT2D eigenvalue weighted by Crippen LogP contribution is 2.36. The van der Waals surface area contributed by atoms with Crippen molar-refractivity contribution < 1.29 is 18.7 Å². The van der Waals surface area contributed by atoms with Gasteiger partial charge < -0.3 is 14.8 Å². The lowest BCUT2D eigenvalue weighted by molar-refractivity contribution is -0.110. The first-order chi connectivity index (χ1) is 12.7. The number of carbonyl (C=O) groups excluding carboxylic acids is 1. The molecule has 0 atom stereocenters. The molecule has 0 aliphatic carbocycles. The Balaban J connectivity index is 1.51. The number of anilines is 1. The van der Waals surface area contributed by atoms with Crippen LogP contribution in [0.5, 0.6) is 11.5 Å². The number of rotatable bonds is 2. The van der Waals surface area contributed by atoms with Crippen LogP contribution < -0.4 is 14.8 Å². The summed E-state index contributed by atoms with van der Waals surface area (Å²) in [6.07, 6.45) is 1.66.